The first-order chi connectivity index (χ1) is 10.4. The molecule has 0 aromatic heterocycles. The molecule has 0 saturated heterocycles. The van der Waals surface area contributed by atoms with Crippen molar-refractivity contribution in [3.05, 3.63) is 29.8 Å². The van der Waals surface area contributed by atoms with Crippen LogP contribution in [-0.4, -0.2) is 10.2 Å². The molecule has 5 rings (SSSR count). The van der Waals surface area contributed by atoms with Crippen LogP contribution in [0.1, 0.15) is 38.5 Å². The maximum Gasteiger partial charge on any atom is 0.230 e. The van der Waals surface area contributed by atoms with Crippen molar-refractivity contribution in [1.29, 1.82) is 0 Å². The molecule has 0 spiro atoms. The fourth-order valence-electron chi connectivity index (χ4n) is 5.26. The minimum absolute atomic E-state index is 0.0748. The van der Waals surface area contributed by atoms with Gasteiger partial charge in [0, 0.05) is 10.4 Å². The Balaban J connectivity index is 1.60. The molecule has 22 heavy (non-hydrogen) atoms. The van der Waals surface area contributed by atoms with Gasteiger partial charge in [-0.3, -0.25) is 4.79 Å². The van der Waals surface area contributed by atoms with E-state index < -0.39 is 17.0 Å². The van der Waals surface area contributed by atoms with Crippen LogP contribution in [0.25, 0.3) is 0 Å². The van der Waals surface area contributed by atoms with Crippen molar-refractivity contribution in [2.75, 3.05) is 5.32 Å². The summed E-state index contributed by atoms with van der Waals surface area (Å²) in [4.78, 5) is 12.9. The molecule has 1 aromatic carbocycles. The predicted octanol–water partition coefficient (Wildman–Crippen LogP) is 4.64. The van der Waals surface area contributed by atoms with E-state index in [1.165, 1.54) is 18.6 Å². The third-order valence-corrected chi connectivity index (χ3v) is 6.58. The molecule has 4 aliphatic carbocycles. The standard InChI is InChI=1S/C17H18BrF2NO/c18-17-7-10-3-11(8-17)6-16(5-10,9-17)15(22)21-14-2-1-12(19)4-13(14)20/h1-2,4,10-11H,3,5-9H2,(H,21,22). The molecule has 4 saturated carbocycles. The minimum Gasteiger partial charge on any atom is -0.323 e. The molecule has 0 heterocycles. The lowest BCUT2D eigenvalue weighted by Crippen LogP contribution is -2.57. The summed E-state index contributed by atoms with van der Waals surface area (Å²) in [5.41, 5.74) is -0.320. The van der Waals surface area contributed by atoms with Crippen molar-refractivity contribution >= 4 is 27.5 Å². The number of hydrogen-bond donors (Lipinski definition) is 1. The second-order valence-corrected chi connectivity index (χ2v) is 9.15. The lowest BCUT2D eigenvalue weighted by molar-refractivity contribution is -0.138. The molecular weight excluding hydrogens is 352 g/mol. The van der Waals surface area contributed by atoms with Crippen molar-refractivity contribution in [3.8, 4) is 0 Å². The van der Waals surface area contributed by atoms with Crippen molar-refractivity contribution in [3.63, 3.8) is 0 Å². The zero-order valence-electron chi connectivity index (χ0n) is 12.2. The molecule has 4 bridgehead atoms. The first-order valence-electron chi connectivity index (χ1n) is 7.83. The number of carbonyl (C=O) groups excluding carboxylic acids is 1. The van der Waals surface area contributed by atoms with Gasteiger partial charge < -0.3 is 5.32 Å². The van der Waals surface area contributed by atoms with Crippen molar-refractivity contribution in [2.45, 2.75) is 42.8 Å². The maximum atomic E-state index is 13.8. The van der Waals surface area contributed by atoms with E-state index in [0.29, 0.717) is 11.8 Å². The monoisotopic (exact) mass is 369 g/mol. The summed E-state index contributed by atoms with van der Waals surface area (Å²) in [6.45, 7) is 0. The van der Waals surface area contributed by atoms with Crippen LogP contribution in [0.3, 0.4) is 0 Å². The van der Waals surface area contributed by atoms with Gasteiger partial charge in [-0.05, 0) is 62.5 Å². The number of amides is 1. The van der Waals surface area contributed by atoms with E-state index in [1.54, 1.807) is 0 Å². The molecule has 1 amide bonds. The molecule has 2 atom stereocenters. The van der Waals surface area contributed by atoms with Gasteiger partial charge in [-0.2, -0.15) is 0 Å². The van der Waals surface area contributed by atoms with Crippen LogP contribution in [-0.2, 0) is 4.79 Å². The normalized spacial score (nSPS) is 39.0. The third-order valence-electron chi connectivity index (χ3n) is 5.65. The Bertz CT molecular complexity index is 634. The number of rotatable bonds is 2. The highest BCUT2D eigenvalue weighted by atomic mass is 79.9. The zero-order chi connectivity index (χ0) is 15.5. The number of hydrogen-bond acceptors (Lipinski definition) is 1. The summed E-state index contributed by atoms with van der Waals surface area (Å²) in [6, 6.07) is 3.28. The van der Waals surface area contributed by atoms with E-state index in [1.807, 2.05) is 0 Å². The maximum absolute atomic E-state index is 13.8. The fraction of sp³-hybridized carbons (Fsp3) is 0.588. The highest BCUT2D eigenvalue weighted by molar-refractivity contribution is 9.10. The number of alkyl halides is 1. The molecular formula is C17H18BrF2NO. The van der Waals surface area contributed by atoms with Crippen LogP contribution in [0.5, 0.6) is 0 Å². The SMILES string of the molecule is O=C(Nc1ccc(F)cc1F)C12CC3CC(CC(Br)(C3)C1)C2. The second-order valence-electron chi connectivity index (χ2n) is 7.47. The van der Waals surface area contributed by atoms with Crippen molar-refractivity contribution in [2.24, 2.45) is 17.3 Å². The van der Waals surface area contributed by atoms with Crippen LogP contribution in [0, 0.1) is 28.9 Å². The van der Waals surface area contributed by atoms with Gasteiger partial charge in [-0.25, -0.2) is 8.78 Å². The smallest absolute Gasteiger partial charge is 0.230 e. The molecule has 0 radical (unpaired) electrons. The first-order valence-corrected chi connectivity index (χ1v) is 8.62. The molecule has 2 nitrogen and oxygen atoms in total. The largest absolute Gasteiger partial charge is 0.323 e. The van der Waals surface area contributed by atoms with Gasteiger partial charge in [0.1, 0.15) is 11.6 Å². The van der Waals surface area contributed by atoms with Gasteiger partial charge in [0.25, 0.3) is 0 Å². The van der Waals surface area contributed by atoms with Crippen LogP contribution >= 0.6 is 15.9 Å². The molecule has 4 aliphatic rings. The topological polar surface area (TPSA) is 29.1 Å². The Morgan fingerprint density at radius 2 is 1.86 bits per heavy atom. The zero-order valence-corrected chi connectivity index (χ0v) is 13.8. The Labute approximate surface area is 136 Å². The predicted molar refractivity (Wildman–Crippen MR) is 83.8 cm³/mol. The van der Waals surface area contributed by atoms with Crippen LogP contribution in [0.2, 0.25) is 0 Å². The van der Waals surface area contributed by atoms with Gasteiger partial charge >= 0.3 is 0 Å². The number of benzene rings is 1. The highest BCUT2D eigenvalue weighted by Crippen LogP contribution is 2.64. The van der Waals surface area contributed by atoms with Crippen LogP contribution < -0.4 is 5.32 Å². The Morgan fingerprint density at radius 3 is 2.45 bits per heavy atom. The van der Waals surface area contributed by atoms with Gasteiger partial charge in [0.2, 0.25) is 5.91 Å². The molecule has 1 N–H and O–H groups in total. The number of nitrogens with one attached hydrogen (secondary N) is 1. The quantitative estimate of drug-likeness (QED) is 0.756. The first kappa shape index (κ1) is 14.6. The fourth-order valence-corrected chi connectivity index (χ4v) is 6.71. The molecule has 4 fully saturated rings. The van der Waals surface area contributed by atoms with E-state index in [-0.39, 0.29) is 15.9 Å². The summed E-state index contributed by atoms with van der Waals surface area (Å²) in [5, 5.41) is 2.71. The minimum atomic E-state index is -0.716. The molecule has 118 valence electrons. The summed E-state index contributed by atoms with van der Waals surface area (Å²) in [5.74, 6) is -0.277. The van der Waals surface area contributed by atoms with E-state index in [4.69, 9.17) is 0 Å². The van der Waals surface area contributed by atoms with Crippen molar-refractivity contribution in [1.82, 2.24) is 0 Å². The summed E-state index contributed by atoms with van der Waals surface area (Å²) >= 11 is 3.87. The summed E-state index contributed by atoms with van der Waals surface area (Å²) < 4.78 is 26.9. The highest BCUT2D eigenvalue weighted by Gasteiger charge is 2.59. The average molecular weight is 370 g/mol. The van der Waals surface area contributed by atoms with E-state index in [0.717, 1.165) is 38.2 Å². The molecule has 1 aromatic rings. The third kappa shape index (κ3) is 2.29. The van der Waals surface area contributed by atoms with Gasteiger partial charge in [0.15, 0.2) is 0 Å². The van der Waals surface area contributed by atoms with Crippen LogP contribution in [0.15, 0.2) is 18.2 Å². The van der Waals surface area contributed by atoms with E-state index in [9.17, 15) is 13.6 Å². The van der Waals surface area contributed by atoms with Gasteiger partial charge in [-0.1, -0.05) is 15.9 Å². The lowest BCUT2D eigenvalue weighted by atomic mass is 9.49. The molecule has 5 heteroatoms. The average Bonchev–Trinajstić information content (AvgIpc) is 2.39. The number of halogens is 3. The lowest BCUT2D eigenvalue weighted by Gasteiger charge is -2.59. The van der Waals surface area contributed by atoms with Crippen molar-refractivity contribution < 1.29 is 13.6 Å². The Morgan fingerprint density at radius 1 is 1.18 bits per heavy atom. The molecule has 2 unspecified atom stereocenters. The number of anilines is 1. The number of carbonyl (C=O) groups is 1. The Kier molecular flexibility index (Phi) is 3.16. The van der Waals surface area contributed by atoms with Gasteiger partial charge in [0.05, 0.1) is 11.1 Å². The summed E-state index contributed by atoms with van der Waals surface area (Å²) in [6.07, 6.45) is 6.11. The van der Waals surface area contributed by atoms with Crippen LogP contribution in [0.4, 0.5) is 14.5 Å². The second kappa shape index (κ2) is 4.76. The van der Waals surface area contributed by atoms with Gasteiger partial charge in [-0.15, -0.1) is 0 Å². The van der Waals surface area contributed by atoms with E-state index in [2.05, 4.69) is 21.2 Å². The Hall–Kier alpha value is -0.970. The molecule has 0 aliphatic heterocycles. The van der Waals surface area contributed by atoms with E-state index >= 15 is 0 Å². The summed E-state index contributed by atoms with van der Waals surface area (Å²) in [7, 11) is 0.